The molecule has 0 heterocycles. The minimum atomic E-state index is -3.70. The molecule has 7 heteroatoms. The Kier molecular flexibility index (Phi) is 6.39. The molecule has 0 radical (unpaired) electrons. The van der Waals surface area contributed by atoms with Crippen molar-refractivity contribution in [3.05, 3.63) is 54.1 Å². The molecule has 140 valence electrons. The van der Waals surface area contributed by atoms with Gasteiger partial charge < -0.3 is 11.1 Å². The number of hydrogen-bond donors (Lipinski definition) is 3. The second kappa shape index (κ2) is 8.33. The molecule has 0 aromatic heterocycles. The van der Waals surface area contributed by atoms with Gasteiger partial charge in [0.25, 0.3) is 10.0 Å². The summed E-state index contributed by atoms with van der Waals surface area (Å²) in [6.45, 7) is 5.78. The fourth-order valence-corrected chi connectivity index (χ4v) is 3.61. The first-order chi connectivity index (χ1) is 12.2. The van der Waals surface area contributed by atoms with E-state index in [2.05, 4.69) is 10.0 Å². The van der Waals surface area contributed by atoms with Crippen molar-refractivity contribution >= 4 is 27.3 Å². The van der Waals surface area contributed by atoms with Gasteiger partial charge in [0.15, 0.2) is 0 Å². The molecule has 2 aromatic rings. The number of carbonyl (C=O) groups excluding carboxylic acids is 1. The minimum Gasteiger partial charge on any atom is -0.325 e. The lowest BCUT2D eigenvalue weighted by Gasteiger charge is -2.16. The summed E-state index contributed by atoms with van der Waals surface area (Å²) in [6.07, 6.45) is 0.575. The highest BCUT2D eigenvalue weighted by Gasteiger charge is 2.17. The van der Waals surface area contributed by atoms with Crippen molar-refractivity contribution in [2.75, 3.05) is 10.0 Å². The second-order valence-corrected chi connectivity index (χ2v) is 8.36. The van der Waals surface area contributed by atoms with Crippen molar-refractivity contribution in [2.45, 2.75) is 38.1 Å². The molecule has 6 nitrogen and oxygen atoms in total. The maximum Gasteiger partial charge on any atom is 0.261 e. The summed E-state index contributed by atoms with van der Waals surface area (Å²) in [6, 6.07) is 12.6. The van der Waals surface area contributed by atoms with Crippen LogP contribution in [0.4, 0.5) is 11.4 Å². The molecule has 0 aliphatic carbocycles. The summed E-state index contributed by atoms with van der Waals surface area (Å²) in [4.78, 5) is 12.3. The van der Waals surface area contributed by atoms with Crippen LogP contribution >= 0.6 is 0 Å². The van der Waals surface area contributed by atoms with Gasteiger partial charge in [-0.15, -0.1) is 0 Å². The lowest BCUT2D eigenvalue weighted by atomic mass is 10.0. The average molecular weight is 375 g/mol. The molecule has 0 fully saturated rings. The Bertz CT molecular complexity index is 865. The summed E-state index contributed by atoms with van der Waals surface area (Å²) >= 11 is 0. The number of rotatable bonds is 7. The third kappa shape index (κ3) is 5.31. The molecule has 0 saturated heterocycles. The van der Waals surface area contributed by atoms with Crippen LogP contribution in [-0.2, 0) is 14.8 Å². The molecular weight excluding hydrogens is 350 g/mol. The molecule has 0 bridgehead atoms. The summed E-state index contributed by atoms with van der Waals surface area (Å²) in [7, 11) is -3.70. The Morgan fingerprint density at radius 1 is 1.12 bits per heavy atom. The van der Waals surface area contributed by atoms with E-state index >= 15 is 0 Å². The zero-order valence-corrected chi connectivity index (χ0v) is 16.0. The molecule has 4 N–H and O–H groups in total. The van der Waals surface area contributed by atoms with Gasteiger partial charge in [0.2, 0.25) is 5.91 Å². The Hall–Kier alpha value is -2.38. The van der Waals surface area contributed by atoms with Gasteiger partial charge in [0.1, 0.15) is 0 Å². The van der Waals surface area contributed by atoms with E-state index in [-0.39, 0.29) is 10.8 Å². The summed E-state index contributed by atoms with van der Waals surface area (Å²) in [5.41, 5.74) is 7.53. The summed E-state index contributed by atoms with van der Waals surface area (Å²) < 4.78 is 27.6. The third-order valence-corrected chi connectivity index (χ3v) is 5.25. The topological polar surface area (TPSA) is 101 Å². The van der Waals surface area contributed by atoms with E-state index in [0.717, 1.165) is 5.56 Å². The number of nitrogens with two attached hydrogens (primary N) is 1. The van der Waals surface area contributed by atoms with Crippen molar-refractivity contribution in [3.8, 4) is 0 Å². The maximum absolute atomic E-state index is 12.5. The normalized spacial score (nSPS) is 12.7. The van der Waals surface area contributed by atoms with Gasteiger partial charge >= 0.3 is 0 Å². The van der Waals surface area contributed by atoms with E-state index in [1.54, 1.807) is 43.3 Å². The Balaban J connectivity index is 2.18. The van der Waals surface area contributed by atoms with Crippen molar-refractivity contribution in [2.24, 2.45) is 11.7 Å². The van der Waals surface area contributed by atoms with Crippen LogP contribution in [0.25, 0.3) is 0 Å². The van der Waals surface area contributed by atoms with Crippen LogP contribution in [0.1, 0.15) is 25.8 Å². The fraction of sp³-hybridized carbons (Fsp3) is 0.316. The molecule has 2 rings (SSSR count). The van der Waals surface area contributed by atoms with Gasteiger partial charge in [-0.3, -0.25) is 9.52 Å². The first-order valence-corrected chi connectivity index (χ1v) is 9.92. The number of sulfonamides is 1. The number of amides is 1. The van der Waals surface area contributed by atoms with Gasteiger partial charge in [0.05, 0.1) is 16.6 Å². The number of carbonyl (C=O) groups is 1. The smallest absolute Gasteiger partial charge is 0.261 e. The number of aryl methyl sites for hydroxylation is 1. The van der Waals surface area contributed by atoms with Crippen LogP contribution in [0.2, 0.25) is 0 Å². The van der Waals surface area contributed by atoms with Crippen LogP contribution in [0, 0.1) is 12.8 Å². The van der Waals surface area contributed by atoms with Crippen molar-refractivity contribution in [1.29, 1.82) is 0 Å². The molecule has 0 spiro atoms. The molecule has 0 aliphatic rings. The Labute approximate surface area is 154 Å². The molecule has 0 unspecified atom stereocenters. The van der Waals surface area contributed by atoms with Crippen LogP contribution < -0.4 is 15.8 Å². The minimum absolute atomic E-state index is 0.174. The zero-order chi connectivity index (χ0) is 19.3. The van der Waals surface area contributed by atoms with Crippen molar-refractivity contribution in [1.82, 2.24) is 0 Å². The van der Waals surface area contributed by atoms with E-state index < -0.39 is 16.1 Å². The first kappa shape index (κ1) is 19.9. The highest BCUT2D eigenvalue weighted by atomic mass is 32.2. The van der Waals surface area contributed by atoms with Crippen LogP contribution in [0.15, 0.2) is 53.4 Å². The van der Waals surface area contributed by atoms with Crippen molar-refractivity contribution in [3.63, 3.8) is 0 Å². The van der Waals surface area contributed by atoms with E-state index in [0.29, 0.717) is 23.7 Å². The highest BCUT2D eigenvalue weighted by molar-refractivity contribution is 7.92. The average Bonchev–Trinajstić information content (AvgIpc) is 2.58. The fourth-order valence-electron chi connectivity index (χ4n) is 2.46. The monoisotopic (exact) mass is 375 g/mol. The first-order valence-electron chi connectivity index (χ1n) is 8.44. The highest BCUT2D eigenvalue weighted by Crippen LogP contribution is 2.24. The lowest BCUT2D eigenvalue weighted by molar-refractivity contribution is -0.117. The number of benzene rings is 2. The third-order valence-electron chi connectivity index (χ3n) is 3.87. The maximum atomic E-state index is 12.5. The number of anilines is 2. The second-order valence-electron chi connectivity index (χ2n) is 6.67. The molecule has 0 aliphatic heterocycles. The molecular formula is C19H25N3O3S. The van der Waals surface area contributed by atoms with Gasteiger partial charge in [0, 0.05) is 5.69 Å². The van der Waals surface area contributed by atoms with Crippen LogP contribution in [-0.4, -0.2) is 20.4 Å². The predicted octanol–water partition coefficient (Wildman–Crippen LogP) is 3.11. The number of hydrogen-bond acceptors (Lipinski definition) is 4. The standard InChI is InChI=1S/C19H25N3O3S/c1-13(2)11-17(20)19(23)21-15-10-9-14(3)18(12-15)22-26(24,25)16-7-5-4-6-8-16/h4-10,12-13,17,22H,11,20H2,1-3H3,(H,21,23)/t17-/m0/s1. The molecule has 1 atom stereocenters. The van der Waals surface area contributed by atoms with Crippen LogP contribution in [0.5, 0.6) is 0 Å². The quantitative estimate of drug-likeness (QED) is 0.692. The molecule has 0 saturated carbocycles. The Morgan fingerprint density at radius 2 is 1.77 bits per heavy atom. The largest absolute Gasteiger partial charge is 0.325 e. The van der Waals surface area contributed by atoms with E-state index in [4.69, 9.17) is 5.73 Å². The van der Waals surface area contributed by atoms with E-state index in [1.165, 1.54) is 12.1 Å². The Morgan fingerprint density at radius 3 is 2.38 bits per heavy atom. The summed E-state index contributed by atoms with van der Waals surface area (Å²) in [5.74, 6) is 0.0152. The molecule has 2 aromatic carbocycles. The SMILES string of the molecule is Cc1ccc(NC(=O)[C@@H](N)CC(C)C)cc1NS(=O)(=O)c1ccccc1. The predicted molar refractivity (Wildman–Crippen MR) is 104 cm³/mol. The molecule has 1 amide bonds. The zero-order valence-electron chi connectivity index (χ0n) is 15.2. The van der Waals surface area contributed by atoms with Crippen LogP contribution in [0.3, 0.4) is 0 Å². The summed E-state index contributed by atoms with van der Waals surface area (Å²) in [5, 5.41) is 2.74. The van der Waals surface area contributed by atoms with Gasteiger partial charge in [-0.25, -0.2) is 8.42 Å². The lowest BCUT2D eigenvalue weighted by Crippen LogP contribution is -2.36. The van der Waals surface area contributed by atoms with E-state index in [9.17, 15) is 13.2 Å². The van der Waals surface area contributed by atoms with Crippen molar-refractivity contribution < 1.29 is 13.2 Å². The van der Waals surface area contributed by atoms with Gasteiger partial charge in [-0.1, -0.05) is 38.1 Å². The molecule has 26 heavy (non-hydrogen) atoms. The van der Waals surface area contributed by atoms with Gasteiger partial charge in [-0.2, -0.15) is 0 Å². The van der Waals surface area contributed by atoms with Gasteiger partial charge in [-0.05, 0) is 49.1 Å². The number of nitrogens with one attached hydrogen (secondary N) is 2. The van der Waals surface area contributed by atoms with E-state index in [1.807, 2.05) is 13.8 Å².